The second-order valence-corrected chi connectivity index (χ2v) is 1.49. The molecule has 0 spiro atoms. The van der Waals surface area contributed by atoms with Gasteiger partial charge in [-0.05, 0) is 6.42 Å². The first-order valence-electron chi connectivity index (χ1n) is 1.97. The van der Waals surface area contributed by atoms with E-state index in [9.17, 15) is 4.46 Å². The molecule has 3 heteroatoms. The van der Waals surface area contributed by atoms with Crippen LogP contribution in [0.4, 0.5) is 0 Å². The molecule has 0 aliphatic carbocycles. The van der Waals surface area contributed by atoms with Crippen molar-refractivity contribution in [1.82, 2.24) is 0 Å². The van der Waals surface area contributed by atoms with Gasteiger partial charge in [0.2, 0.25) is 0 Å². The summed E-state index contributed by atoms with van der Waals surface area (Å²) in [4.78, 5) is 0. The molecule has 0 N–H and O–H groups in total. The number of rotatable bonds is 3. The molecule has 0 aromatic heterocycles. The van der Waals surface area contributed by atoms with Gasteiger partial charge in [0, 0.05) is 0 Å². The molecule has 6 heavy (non-hydrogen) atoms. The van der Waals surface area contributed by atoms with Crippen LogP contribution in [0.2, 0.25) is 0 Å². The summed E-state index contributed by atoms with van der Waals surface area (Å²) in [6.07, 6.45) is 0.954. The van der Waals surface area contributed by atoms with Crippen LogP contribution in [0.5, 0.6) is 0 Å². The van der Waals surface area contributed by atoms with Crippen molar-refractivity contribution in [3.8, 4) is 0 Å². The molecule has 0 amide bonds. The van der Waals surface area contributed by atoms with E-state index in [4.69, 9.17) is 0 Å². The van der Waals surface area contributed by atoms with Gasteiger partial charge in [-0.25, -0.2) is 0 Å². The van der Waals surface area contributed by atoms with E-state index in [1.807, 2.05) is 6.92 Å². The molecule has 0 atom stereocenters. The molecule has 0 aromatic rings. The molecule has 0 aliphatic rings. The first-order valence-corrected chi connectivity index (χ1v) is 2.91. The summed E-state index contributed by atoms with van der Waals surface area (Å²) in [5, 5.41) is 0. The Morgan fingerprint density at radius 2 is 2.50 bits per heavy atom. The first kappa shape index (κ1) is 5.82. The minimum absolute atomic E-state index is 0.638. The van der Waals surface area contributed by atoms with Crippen LogP contribution in [-0.2, 0) is 8.89 Å². The Hall–Kier alpha value is -0.183. The average Bonchev–Trinajstić information content (AvgIpc) is 1.61. The molecule has 36 valence electrons. The van der Waals surface area contributed by atoms with Crippen molar-refractivity contribution in [3.05, 3.63) is 0 Å². The van der Waals surface area contributed by atoms with Crippen LogP contribution >= 0.6 is 0 Å². The molecule has 0 saturated heterocycles. The maximum Gasteiger partial charge on any atom is 0.487 e. The van der Waals surface area contributed by atoms with E-state index in [1.54, 1.807) is 0 Å². The van der Waals surface area contributed by atoms with E-state index >= 15 is 0 Å². The summed E-state index contributed by atoms with van der Waals surface area (Å²) < 4.78 is 14.1. The lowest BCUT2D eigenvalue weighted by molar-refractivity contribution is 0.309. The van der Waals surface area contributed by atoms with Crippen molar-refractivity contribution in [1.29, 1.82) is 0 Å². The zero-order valence-corrected chi connectivity index (χ0v) is 4.96. The maximum atomic E-state index is 9.55. The quantitative estimate of drug-likeness (QED) is 0.375. The molecular weight excluding hydrogens is 96.1 g/mol. The summed E-state index contributed by atoms with van der Waals surface area (Å²) in [5.41, 5.74) is 0. The van der Waals surface area contributed by atoms with Gasteiger partial charge in [0.1, 0.15) is 0 Å². The molecule has 2 nitrogen and oxygen atoms in total. The van der Waals surface area contributed by atoms with E-state index in [0.29, 0.717) is 6.61 Å². The zero-order valence-electron chi connectivity index (χ0n) is 3.81. The topological polar surface area (TPSA) is 26.3 Å². The predicted octanol–water partition coefficient (Wildman–Crippen LogP) is 0.110. The van der Waals surface area contributed by atoms with Crippen molar-refractivity contribution < 1.29 is 8.89 Å². The van der Waals surface area contributed by atoms with Crippen molar-refractivity contribution in [3.63, 3.8) is 0 Å². The fourth-order valence-electron chi connectivity index (χ4n) is 0.166. The van der Waals surface area contributed by atoms with Gasteiger partial charge in [-0.3, -0.25) is 0 Å². The van der Waals surface area contributed by atoms with E-state index in [2.05, 4.69) is 4.43 Å². The lowest BCUT2D eigenvalue weighted by Gasteiger charge is -1.87. The Labute approximate surface area is 39.5 Å². The van der Waals surface area contributed by atoms with Gasteiger partial charge in [-0.1, -0.05) is 6.92 Å². The highest BCUT2D eigenvalue weighted by molar-refractivity contribution is 6.06. The Morgan fingerprint density at radius 3 is 2.67 bits per heavy atom. The van der Waals surface area contributed by atoms with Crippen LogP contribution in [0, 0.1) is 0 Å². The fourth-order valence-corrected chi connectivity index (χ4v) is 0.498. The zero-order chi connectivity index (χ0) is 4.83. The molecule has 0 aliphatic heterocycles. The van der Waals surface area contributed by atoms with Crippen molar-refractivity contribution >= 4 is 9.65 Å². The molecule has 0 aromatic carbocycles. The largest absolute Gasteiger partial charge is 0.526 e. The monoisotopic (exact) mass is 104 g/mol. The van der Waals surface area contributed by atoms with Crippen LogP contribution < -0.4 is 0 Å². The minimum Gasteiger partial charge on any atom is -0.526 e. The lowest BCUT2D eigenvalue weighted by atomic mass is 10.5. The highest BCUT2D eigenvalue weighted by Gasteiger charge is 1.72. The lowest BCUT2D eigenvalue weighted by Crippen LogP contribution is -1.88. The Kier molecular flexibility index (Phi) is 4.67. The van der Waals surface area contributed by atoms with Crippen molar-refractivity contribution in [2.24, 2.45) is 0 Å². The Bertz CT molecular complexity index is 37.8. The molecule has 0 unspecified atom stereocenters. The molecule has 0 heterocycles. The van der Waals surface area contributed by atoms with Gasteiger partial charge >= 0.3 is 9.65 Å². The summed E-state index contributed by atoms with van der Waals surface area (Å²) in [6, 6.07) is 0. The maximum absolute atomic E-state index is 9.55. The number of hydrogen-bond donors (Lipinski definition) is 0. The normalized spacial score (nSPS) is 7.50. The highest BCUT2D eigenvalue weighted by atomic mass is 28.2. The van der Waals surface area contributed by atoms with Crippen LogP contribution in [0.25, 0.3) is 0 Å². The Morgan fingerprint density at radius 1 is 1.83 bits per heavy atom. The standard InChI is InChI=1S/C3H8O2Si/c1-2-3-5-6-4/h6H,2-3H2,1H3. The smallest absolute Gasteiger partial charge is 0.487 e. The van der Waals surface area contributed by atoms with Gasteiger partial charge < -0.3 is 8.89 Å². The van der Waals surface area contributed by atoms with Crippen molar-refractivity contribution in [2.75, 3.05) is 6.61 Å². The minimum atomic E-state index is -0.966. The van der Waals surface area contributed by atoms with E-state index in [-0.39, 0.29) is 0 Å². The second kappa shape index (κ2) is 4.82. The average molecular weight is 104 g/mol. The molecule has 0 bridgehead atoms. The fraction of sp³-hybridized carbons (Fsp3) is 1.00. The number of hydrogen-bond acceptors (Lipinski definition) is 2. The van der Waals surface area contributed by atoms with Crippen LogP contribution in [0.3, 0.4) is 0 Å². The highest BCUT2D eigenvalue weighted by Crippen LogP contribution is 1.71. The van der Waals surface area contributed by atoms with Gasteiger partial charge in [0.25, 0.3) is 0 Å². The van der Waals surface area contributed by atoms with Crippen molar-refractivity contribution in [2.45, 2.75) is 13.3 Å². The first-order chi connectivity index (χ1) is 2.91. The summed E-state index contributed by atoms with van der Waals surface area (Å²) in [6.45, 7) is 2.62. The Balaban J connectivity index is 2.49. The van der Waals surface area contributed by atoms with Crippen LogP contribution in [0.1, 0.15) is 13.3 Å². The third-order valence-electron chi connectivity index (χ3n) is 0.390. The predicted molar refractivity (Wildman–Crippen MR) is 24.1 cm³/mol. The van der Waals surface area contributed by atoms with Gasteiger partial charge in [0.05, 0.1) is 6.61 Å². The molecule has 0 saturated carbocycles. The van der Waals surface area contributed by atoms with Crippen LogP contribution in [0.15, 0.2) is 0 Å². The van der Waals surface area contributed by atoms with E-state index in [1.165, 1.54) is 0 Å². The summed E-state index contributed by atoms with van der Waals surface area (Å²) in [7, 11) is -0.966. The molecule has 0 radical (unpaired) electrons. The van der Waals surface area contributed by atoms with Gasteiger partial charge in [-0.2, -0.15) is 0 Å². The summed E-state index contributed by atoms with van der Waals surface area (Å²) in [5.74, 6) is 0. The third kappa shape index (κ3) is 3.82. The van der Waals surface area contributed by atoms with Crippen LogP contribution in [-0.4, -0.2) is 16.3 Å². The third-order valence-corrected chi connectivity index (χ3v) is 0.762. The second-order valence-electron chi connectivity index (χ2n) is 0.967. The molecular formula is C3H8O2Si. The molecule has 0 fully saturated rings. The van der Waals surface area contributed by atoms with Gasteiger partial charge in [0.15, 0.2) is 0 Å². The summed E-state index contributed by atoms with van der Waals surface area (Å²) >= 11 is 0. The van der Waals surface area contributed by atoms with Gasteiger partial charge in [-0.15, -0.1) is 0 Å². The molecule has 0 rings (SSSR count). The van der Waals surface area contributed by atoms with E-state index < -0.39 is 9.65 Å². The SMILES string of the molecule is CCCO[SiH]=O. The van der Waals surface area contributed by atoms with E-state index in [0.717, 1.165) is 6.42 Å².